The zero-order chi connectivity index (χ0) is 14.7. The molecule has 1 aromatic rings. The molecule has 4 nitrogen and oxygen atoms in total. The molecule has 1 heterocycles. The number of amides is 1. The van der Waals surface area contributed by atoms with Gasteiger partial charge in [0.15, 0.2) is 0 Å². The van der Waals surface area contributed by atoms with Gasteiger partial charge in [-0.15, -0.1) is 0 Å². The normalized spacial score (nSPS) is 22.0. The van der Waals surface area contributed by atoms with Crippen molar-refractivity contribution in [1.82, 2.24) is 10.2 Å². The van der Waals surface area contributed by atoms with Gasteiger partial charge in [0.2, 0.25) is 5.91 Å². The quantitative estimate of drug-likeness (QED) is 0.907. The second kappa shape index (κ2) is 6.77. The SMILES string of the molecule is O=C(CC1COCCN1)N(Cc1ccc(Cl)cc1)C1CC1. The summed E-state index contributed by atoms with van der Waals surface area (Å²) >= 11 is 5.91. The average molecular weight is 309 g/mol. The molecule has 1 atom stereocenters. The lowest BCUT2D eigenvalue weighted by Crippen LogP contribution is -2.45. The van der Waals surface area contributed by atoms with Gasteiger partial charge in [0.05, 0.1) is 13.2 Å². The zero-order valence-electron chi connectivity index (χ0n) is 12.1. The van der Waals surface area contributed by atoms with Crippen LogP contribution in [0, 0.1) is 0 Å². The third-order valence-electron chi connectivity index (χ3n) is 3.99. The summed E-state index contributed by atoms with van der Waals surface area (Å²) in [7, 11) is 0. The molecule has 1 aliphatic carbocycles. The number of carbonyl (C=O) groups excluding carboxylic acids is 1. The summed E-state index contributed by atoms with van der Waals surface area (Å²) in [5, 5.41) is 4.07. The van der Waals surface area contributed by atoms with Crippen LogP contribution in [0.25, 0.3) is 0 Å². The van der Waals surface area contributed by atoms with Crippen molar-refractivity contribution in [3.05, 3.63) is 34.9 Å². The smallest absolute Gasteiger partial charge is 0.224 e. The minimum Gasteiger partial charge on any atom is -0.378 e. The van der Waals surface area contributed by atoms with E-state index >= 15 is 0 Å². The summed E-state index contributed by atoms with van der Waals surface area (Å²) in [6, 6.07) is 8.31. The summed E-state index contributed by atoms with van der Waals surface area (Å²) < 4.78 is 5.42. The van der Waals surface area contributed by atoms with E-state index in [0.717, 1.165) is 36.6 Å². The topological polar surface area (TPSA) is 41.6 Å². The van der Waals surface area contributed by atoms with E-state index in [1.807, 2.05) is 29.2 Å². The highest BCUT2D eigenvalue weighted by Crippen LogP contribution is 2.29. The van der Waals surface area contributed by atoms with Crippen molar-refractivity contribution in [2.75, 3.05) is 19.8 Å². The first-order chi connectivity index (χ1) is 10.2. The van der Waals surface area contributed by atoms with Gasteiger partial charge in [0, 0.05) is 36.6 Å². The largest absolute Gasteiger partial charge is 0.378 e. The third-order valence-corrected chi connectivity index (χ3v) is 4.25. The molecular weight excluding hydrogens is 288 g/mol. The number of nitrogens with zero attached hydrogens (tertiary/aromatic N) is 1. The molecule has 3 rings (SSSR count). The number of rotatable bonds is 5. The van der Waals surface area contributed by atoms with Crippen LogP contribution < -0.4 is 5.32 Å². The van der Waals surface area contributed by atoms with Crippen LogP contribution in [0.3, 0.4) is 0 Å². The second-order valence-corrected chi connectivity index (χ2v) is 6.25. The van der Waals surface area contributed by atoms with Gasteiger partial charge >= 0.3 is 0 Å². The van der Waals surface area contributed by atoms with E-state index in [4.69, 9.17) is 16.3 Å². The zero-order valence-corrected chi connectivity index (χ0v) is 12.8. The fourth-order valence-electron chi connectivity index (χ4n) is 2.67. The summed E-state index contributed by atoms with van der Waals surface area (Å²) in [6.45, 7) is 2.87. The van der Waals surface area contributed by atoms with Crippen LogP contribution in [-0.4, -0.2) is 42.6 Å². The third kappa shape index (κ3) is 4.19. The number of morpholine rings is 1. The molecule has 0 radical (unpaired) electrons. The van der Waals surface area contributed by atoms with Gasteiger partial charge in [0.25, 0.3) is 0 Å². The number of hydrogen-bond acceptors (Lipinski definition) is 3. The fraction of sp³-hybridized carbons (Fsp3) is 0.562. The second-order valence-electron chi connectivity index (χ2n) is 5.81. The van der Waals surface area contributed by atoms with Crippen molar-refractivity contribution in [2.45, 2.75) is 37.9 Å². The molecule has 1 aromatic carbocycles. The van der Waals surface area contributed by atoms with E-state index in [2.05, 4.69) is 5.32 Å². The number of carbonyl (C=O) groups is 1. The number of nitrogens with one attached hydrogen (secondary N) is 1. The monoisotopic (exact) mass is 308 g/mol. The number of benzene rings is 1. The Hall–Kier alpha value is -1.10. The van der Waals surface area contributed by atoms with Crippen molar-refractivity contribution < 1.29 is 9.53 Å². The van der Waals surface area contributed by atoms with E-state index in [-0.39, 0.29) is 11.9 Å². The molecule has 114 valence electrons. The molecule has 2 aliphatic rings. The molecule has 1 N–H and O–H groups in total. The maximum atomic E-state index is 12.6. The fourth-order valence-corrected chi connectivity index (χ4v) is 2.80. The maximum Gasteiger partial charge on any atom is 0.224 e. The first kappa shape index (κ1) is 14.8. The van der Waals surface area contributed by atoms with Gasteiger partial charge in [0.1, 0.15) is 0 Å². The molecule has 0 aromatic heterocycles. The van der Waals surface area contributed by atoms with E-state index in [9.17, 15) is 4.79 Å². The highest BCUT2D eigenvalue weighted by Gasteiger charge is 2.33. The van der Waals surface area contributed by atoms with Gasteiger partial charge < -0.3 is 15.0 Å². The lowest BCUT2D eigenvalue weighted by Gasteiger charge is -2.28. The van der Waals surface area contributed by atoms with E-state index < -0.39 is 0 Å². The van der Waals surface area contributed by atoms with Gasteiger partial charge in [-0.2, -0.15) is 0 Å². The lowest BCUT2D eigenvalue weighted by atomic mass is 10.1. The average Bonchev–Trinajstić information content (AvgIpc) is 3.32. The highest BCUT2D eigenvalue weighted by atomic mass is 35.5. The van der Waals surface area contributed by atoms with Crippen LogP contribution >= 0.6 is 11.6 Å². The molecule has 0 bridgehead atoms. The van der Waals surface area contributed by atoms with Crippen LogP contribution in [0.5, 0.6) is 0 Å². The van der Waals surface area contributed by atoms with Crippen molar-refractivity contribution in [3.8, 4) is 0 Å². The van der Waals surface area contributed by atoms with Crippen molar-refractivity contribution in [3.63, 3.8) is 0 Å². The van der Waals surface area contributed by atoms with E-state index in [0.29, 0.717) is 25.6 Å². The molecule has 1 saturated heterocycles. The summed E-state index contributed by atoms with van der Waals surface area (Å²) in [5.74, 6) is 0.218. The highest BCUT2D eigenvalue weighted by molar-refractivity contribution is 6.30. The molecule has 1 unspecified atom stereocenters. The van der Waals surface area contributed by atoms with E-state index in [1.54, 1.807) is 0 Å². The number of halogens is 1. The summed E-state index contributed by atoms with van der Waals surface area (Å²) in [6.07, 6.45) is 2.76. The molecule has 2 fully saturated rings. The minimum atomic E-state index is 0.151. The maximum absolute atomic E-state index is 12.6. The predicted molar refractivity (Wildman–Crippen MR) is 82.3 cm³/mol. The Morgan fingerprint density at radius 2 is 2.10 bits per heavy atom. The van der Waals surface area contributed by atoms with Crippen LogP contribution in [0.15, 0.2) is 24.3 Å². The molecular formula is C16H21ClN2O2. The van der Waals surface area contributed by atoms with Crippen LogP contribution in [0.4, 0.5) is 0 Å². The van der Waals surface area contributed by atoms with Crippen LogP contribution in [0.2, 0.25) is 5.02 Å². The predicted octanol–water partition coefficient (Wildman–Crippen LogP) is 2.21. The Balaban J connectivity index is 1.60. The van der Waals surface area contributed by atoms with Gasteiger partial charge in [-0.25, -0.2) is 0 Å². The summed E-state index contributed by atoms with van der Waals surface area (Å²) in [5.41, 5.74) is 1.13. The Labute approximate surface area is 130 Å². The molecule has 0 spiro atoms. The van der Waals surface area contributed by atoms with Gasteiger partial charge in [-0.1, -0.05) is 23.7 Å². The van der Waals surface area contributed by atoms with Crippen molar-refractivity contribution in [2.24, 2.45) is 0 Å². The van der Waals surface area contributed by atoms with Crippen molar-refractivity contribution in [1.29, 1.82) is 0 Å². The Kier molecular flexibility index (Phi) is 4.78. The van der Waals surface area contributed by atoms with Gasteiger partial charge in [-0.3, -0.25) is 4.79 Å². The molecule has 1 amide bonds. The lowest BCUT2D eigenvalue weighted by molar-refractivity contribution is -0.133. The Bertz CT molecular complexity index is 482. The Morgan fingerprint density at radius 3 is 2.71 bits per heavy atom. The Morgan fingerprint density at radius 1 is 1.33 bits per heavy atom. The molecule has 1 saturated carbocycles. The van der Waals surface area contributed by atoms with Crippen LogP contribution in [-0.2, 0) is 16.1 Å². The van der Waals surface area contributed by atoms with Crippen molar-refractivity contribution >= 4 is 17.5 Å². The van der Waals surface area contributed by atoms with E-state index in [1.165, 1.54) is 0 Å². The van der Waals surface area contributed by atoms with Gasteiger partial charge in [-0.05, 0) is 30.5 Å². The first-order valence-corrected chi connectivity index (χ1v) is 7.95. The number of hydrogen-bond donors (Lipinski definition) is 1. The van der Waals surface area contributed by atoms with Crippen LogP contribution in [0.1, 0.15) is 24.8 Å². The first-order valence-electron chi connectivity index (χ1n) is 7.57. The molecule has 1 aliphatic heterocycles. The standard InChI is InChI=1S/C16H21ClN2O2/c17-13-3-1-12(2-4-13)10-19(15-5-6-15)16(20)9-14-11-21-8-7-18-14/h1-4,14-15,18H,5-11H2. The minimum absolute atomic E-state index is 0.151. The number of ether oxygens (including phenoxy) is 1. The molecule has 5 heteroatoms. The molecule has 21 heavy (non-hydrogen) atoms. The summed E-state index contributed by atoms with van der Waals surface area (Å²) in [4.78, 5) is 14.6.